The Balaban J connectivity index is 1.63. The molecule has 2 heterocycles. The second kappa shape index (κ2) is 8.56. The molecule has 0 aliphatic heterocycles. The number of anilines is 2. The van der Waals surface area contributed by atoms with Crippen LogP contribution in [0.5, 0.6) is 0 Å². The Morgan fingerprint density at radius 1 is 1.19 bits per heavy atom. The monoisotopic (exact) mass is 446 g/mol. The van der Waals surface area contributed by atoms with Crippen molar-refractivity contribution in [3.63, 3.8) is 0 Å². The number of benzene rings is 1. The van der Waals surface area contributed by atoms with E-state index in [0.29, 0.717) is 30.9 Å². The van der Waals surface area contributed by atoms with E-state index in [2.05, 4.69) is 30.2 Å². The summed E-state index contributed by atoms with van der Waals surface area (Å²) in [6.45, 7) is 0.183. The molecule has 0 radical (unpaired) electrons. The van der Waals surface area contributed by atoms with Crippen LogP contribution in [0.3, 0.4) is 0 Å². The first-order valence-corrected chi connectivity index (χ1v) is 11.7. The van der Waals surface area contributed by atoms with Gasteiger partial charge in [-0.05, 0) is 24.3 Å². The van der Waals surface area contributed by atoms with E-state index >= 15 is 0 Å². The molecule has 4 N–H and O–H groups in total. The van der Waals surface area contributed by atoms with Crippen LogP contribution in [0.15, 0.2) is 46.6 Å². The highest BCUT2D eigenvalue weighted by molar-refractivity contribution is 8.22. The van der Waals surface area contributed by atoms with Gasteiger partial charge in [0.1, 0.15) is 15.8 Å². The van der Waals surface area contributed by atoms with Crippen molar-refractivity contribution in [3.8, 4) is 0 Å². The minimum Gasteiger partial charge on any atom is -0.313 e. The van der Waals surface area contributed by atoms with Crippen LogP contribution in [0, 0.1) is 0 Å². The van der Waals surface area contributed by atoms with Crippen LogP contribution in [-0.4, -0.2) is 39.7 Å². The Hall–Kier alpha value is -1.67. The molecule has 9 nitrogen and oxygen atoms in total. The minimum atomic E-state index is -2.80. The summed E-state index contributed by atoms with van der Waals surface area (Å²) in [6, 6.07) is 6.68. The number of rotatable bonds is 7. The van der Waals surface area contributed by atoms with E-state index in [0.717, 1.165) is 0 Å². The normalized spacial score (nSPS) is 13.3. The maximum atomic E-state index is 12.5. The van der Waals surface area contributed by atoms with Crippen molar-refractivity contribution in [2.75, 3.05) is 11.6 Å². The Morgan fingerprint density at radius 2 is 1.93 bits per heavy atom. The second-order valence-electron chi connectivity index (χ2n) is 5.24. The zero-order valence-electron chi connectivity index (χ0n) is 13.9. The van der Waals surface area contributed by atoms with Crippen LogP contribution in [0.2, 0.25) is 5.02 Å². The molecule has 0 fully saturated rings. The number of nitrogens with one attached hydrogen (secondary N) is 2. The first-order chi connectivity index (χ1) is 12.8. The lowest BCUT2D eigenvalue weighted by Gasteiger charge is -2.26. The van der Waals surface area contributed by atoms with E-state index in [1.54, 1.807) is 24.3 Å². The standard InChI is InChI=1S/C14H15ClN6O3S3/c1-27(23,24)18-7-12-20-21-14(25-12)19-11-6-17-13(8-16-11)26(22)10-4-2-9(15)3-5-10/h2-6,8,18,23-24H,7H2,1H3,(H,16,19,21). The smallest absolute Gasteiger partial charge is 0.211 e. The van der Waals surface area contributed by atoms with E-state index < -0.39 is 21.6 Å². The lowest BCUT2D eigenvalue weighted by molar-refractivity contribution is 0.477. The van der Waals surface area contributed by atoms with Crippen molar-refractivity contribution in [1.82, 2.24) is 24.9 Å². The molecule has 27 heavy (non-hydrogen) atoms. The molecule has 0 saturated heterocycles. The van der Waals surface area contributed by atoms with Gasteiger partial charge < -0.3 is 5.32 Å². The number of hydrogen-bond acceptors (Lipinski definition) is 10. The summed E-state index contributed by atoms with van der Waals surface area (Å²) < 4.78 is 33.6. The molecule has 13 heteroatoms. The fraction of sp³-hybridized carbons (Fsp3) is 0.143. The zero-order chi connectivity index (χ0) is 19.4. The quantitative estimate of drug-likeness (QED) is 0.431. The molecular formula is C14H15ClN6O3S3. The molecule has 0 aliphatic rings. The summed E-state index contributed by atoms with van der Waals surface area (Å²) in [6.07, 6.45) is 4.16. The molecule has 3 aromatic rings. The Kier molecular flexibility index (Phi) is 6.37. The maximum absolute atomic E-state index is 12.5. The van der Waals surface area contributed by atoms with E-state index in [1.807, 2.05) is 0 Å². The summed E-state index contributed by atoms with van der Waals surface area (Å²) >= 11 is 7.06. The molecular weight excluding hydrogens is 432 g/mol. The molecule has 3 rings (SSSR count). The Morgan fingerprint density at radius 3 is 2.56 bits per heavy atom. The minimum absolute atomic E-state index is 0.183. The number of halogens is 1. The van der Waals surface area contributed by atoms with Gasteiger partial charge in [0.25, 0.3) is 0 Å². The fourth-order valence-electron chi connectivity index (χ4n) is 1.84. The van der Waals surface area contributed by atoms with Crippen LogP contribution in [0.1, 0.15) is 5.01 Å². The Bertz CT molecular complexity index is 931. The first-order valence-electron chi connectivity index (χ1n) is 7.37. The predicted octanol–water partition coefficient (Wildman–Crippen LogP) is 3.28. The molecule has 144 valence electrons. The Labute approximate surface area is 168 Å². The van der Waals surface area contributed by atoms with Crippen LogP contribution in [0.4, 0.5) is 10.9 Å². The largest absolute Gasteiger partial charge is 0.313 e. The van der Waals surface area contributed by atoms with Gasteiger partial charge in [-0.3, -0.25) is 9.11 Å². The number of nitrogens with zero attached hydrogens (tertiary/aromatic N) is 4. The summed E-state index contributed by atoms with van der Waals surface area (Å²) in [7, 11) is -4.26. The summed E-state index contributed by atoms with van der Waals surface area (Å²) in [5.41, 5.74) is 0. The van der Waals surface area contributed by atoms with Crippen LogP contribution in [-0.2, 0) is 17.3 Å². The van der Waals surface area contributed by atoms with Gasteiger partial charge in [-0.1, -0.05) is 22.9 Å². The van der Waals surface area contributed by atoms with Gasteiger partial charge in [0.05, 0.1) is 18.9 Å². The molecule has 0 spiro atoms. The zero-order valence-corrected chi connectivity index (χ0v) is 17.1. The summed E-state index contributed by atoms with van der Waals surface area (Å²) in [5, 5.41) is 12.8. The van der Waals surface area contributed by atoms with E-state index in [-0.39, 0.29) is 6.54 Å². The average Bonchev–Trinajstić information content (AvgIpc) is 3.08. The molecule has 0 amide bonds. The predicted molar refractivity (Wildman–Crippen MR) is 107 cm³/mol. The van der Waals surface area contributed by atoms with Crippen molar-refractivity contribution in [2.24, 2.45) is 0 Å². The lowest BCUT2D eigenvalue weighted by Crippen LogP contribution is -2.17. The third-order valence-electron chi connectivity index (χ3n) is 3.04. The van der Waals surface area contributed by atoms with Crippen molar-refractivity contribution >= 4 is 55.5 Å². The van der Waals surface area contributed by atoms with Gasteiger partial charge in [-0.25, -0.2) is 18.9 Å². The molecule has 2 aromatic heterocycles. The van der Waals surface area contributed by atoms with Crippen LogP contribution in [0.25, 0.3) is 0 Å². The van der Waals surface area contributed by atoms with Gasteiger partial charge in [0.2, 0.25) is 5.13 Å². The lowest BCUT2D eigenvalue weighted by atomic mass is 10.4. The molecule has 1 aromatic carbocycles. The highest BCUT2D eigenvalue weighted by Gasteiger charge is 2.11. The second-order valence-corrected chi connectivity index (χ2v) is 10.1. The van der Waals surface area contributed by atoms with Gasteiger partial charge in [-0.15, -0.1) is 21.0 Å². The topological polar surface area (TPSA) is 133 Å². The third kappa shape index (κ3) is 5.90. The van der Waals surface area contributed by atoms with Crippen LogP contribution >= 0.6 is 33.7 Å². The third-order valence-corrected chi connectivity index (χ3v) is 6.12. The molecule has 1 unspecified atom stereocenters. The molecule has 1 atom stereocenters. The maximum Gasteiger partial charge on any atom is 0.211 e. The van der Waals surface area contributed by atoms with Gasteiger partial charge in [0.15, 0.2) is 10.8 Å². The average molecular weight is 447 g/mol. The molecule has 0 saturated carbocycles. The van der Waals surface area contributed by atoms with Crippen molar-refractivity contribution in [3.05, 3.63) is 46.7 Å². The molecule has 0 aliphatic carbocycles. The fourth-order valence-corrected chi connectivity index (χ4v) is 4.07. The van der Waals surface area contributed by atoms with Crippen molar-refractivity contribution in [2.45, 2.75) is 16.5 Å². The van der Waals surface area contributed by atoms with Crippen molar-refractivity contribution < 1.29 is 13.3 Å². The summed E-state index contributed by atoms with van der Waals surface area (Å²) in [4.78, 5) is 8.94. The number of hydrogen-bond donors (Lipinski definition) is 4. The number of aromatic nitrogens is 4. The van der Waals surface area contributed by atoms with E-state index in [9.17, 15) is 13.3 Å². The van der Waals surface area contributed by atoms with Gasteiger partial charge in [0, 0.05) is 16.2 Å². The van der Waals surface area contributed by atoms with Crippen molar-refractivity contribution in [1.29, 1.82) is 0 Å². The van der Waals surface area contributed by atoms with Crippen LogP contribution < -0.4 is 10.0 Å². The highest BCUT2D eigenvalue weighted by atomic mass is 35.5. The van der Waals surface area contributed by atoms with Gasteiger partial charge >= 0.3 is 0 Å². The van der Waals surface area contributed by atoms with E-state index in [4.69, 9.17) is 11.6 Å². The van der Waals surface area contributed by atoms with E-state index in [1.165, 1.54) is 30.0 Å². The van der Waals surface area contributed by atoms with Gasteiger partial charge in [-0.2, -0.15) is 0 Å². The highest BCUT2D eigenvalue weighted by Crippen LogP contribution is 2.28. The SMILES string of the molecule is CS(O)(O)NCc1nnc(Nc2cnc(S(=O)c3ccc(Cl)cc3)cn2)s1. The summed E-state index contributed by atoms with van der Waals surface area (Å²) in [5.74, 6) is 0.419. The molecule has 0 bridgehead atoms. The first kappa shape index (κ1) is 20.1.